The van der Waals surface area contributed by atoms with Crippen LogP contribution in [-0.4, -0.2) is 9.97 Å². The highest BCUT2D eigenvalue weighted by atomic mass is 16.5. The zero-order valence-electron chi connectivity index (χ0n) is 14.1. The second kappa shape index (κ2) is 7.98. The second-order valence-electron chi connectivity index (χ2n) is 5.62. The maximum Gasteiger partial charge on any atom is 0.213 e. The van der Waals surface area contributed by atoms with Gasteiger partial charge in [-0.15, -0.1) is 0 Å². The van der Waals surface area contributed by atoms with Crippen LogP contribution in [0, 0.1) is 18.8 Å². The second-order valence-corrected chi connectivity index (χ2v) is 5.62. The van der Waals surface area contributed by atoms with E-state index < -0.39 is 0 Å². The van der Waals surface area contributed by atoms with E-state index in [0.717, 1.165) is 22.4 Å². The largest absolute Gasteiger partial charge is 0.473 e. The SMILES string of the molecule is Cc1nc(N)ccc1C#CCc1ccc(COc2ccccn2)cc1. The summed E-state index contributed by atoms with van der Waals surface area (Å²) in [4.78, 5) is 8.35. The highest BCUT2D eigenvalue weighted by Gasteiger charge is 1.98. The normalized spacial score (nSPS) is 9.96. The molecule has 0 saturated carbocycles. The average molecular weight is 329 g/mol. The summed E-state index contributed by atoms with van der Waals surface area (Å²) in [5.41, 5.74) is 9.68. The lowest BCUT2D eigenvalue weighted by Gasteiger charge is -2.05. The van der Waals surface area contributed by atoms with Crippen molar-refractivity contribution in [2.45, 2.75) is 20.0 Å². The van der Waals surface area contributed by atoms with Crippen molar-refractivity contribution < 1.29 is 4.74 Å². The van der Waals surface area contributed by atoms with E-state index >= 15 is 0 Å². The Labute approximate surface area is 147 Å². The number of nitrogen functional groups attached to an aromatic ring is 1. The summed E-state index contributed by atoms with van der Waals surface area (Å²) >= 11 is 0. The fraction of sp³-hybridized carbons (Fsp3) is 0.143. The number of rotatable bonds is 4. The van der Waals surface area contributed by atoms with Crippen LogP contribution in [0.1, 0.15) is 22.4 Å². The number of nitrogens with two attached hydrogens (primary N) is 1. The van der Waals surface area contributed by atoms with Gasteiger partial charge in [-0.1, -0.05) is 42.2 Å². The number of nitrogens with zero attached hydrogens (tertiary/aromatic N) is 2. The molecule has 1 aromatic carbocycles. The molecule has 0 bridgehead atoms. The predicted octanol–water partition coefficient (Wildman–Crippen LogP) is 3.54. The quantitative estimate of drug-likeness (QED) is 0.744. The molecule has 0 aliphatic carbocycles. The van der Waals surface area contributed by atoms with Crippen LogP contribution in [0.2, 0.25) is 0 Å². The first-order valence-corrected chi connectivity index (χ1v) is 8.04. The van der Waals surface area contributed by atoms with Crippen LogP contribution in [0.15, 0.2) is 60.8 Å². The molecule has 3 aromatic rings. The maximum absolute atomic E-state index is 5.65. The van der Waals surface area contributed by atoms with Crippen molar-refractivity contribution in [1.82, 2.24) is 9.97 Å². The van der Waals surface area contributed by atoms with Crippen molar-refractivity contribution in [3.05, 3.63) is 83.2 Å². The molecule has 0 saturated heterocycles. The number of pyridine rings is 2. The van der Waals surface area contributed by atoms with Gasteiger partial charge in [-0.2, -0.15) is 0 Å². The summed E-state index contributed by atoms with van der Waals surface area (Å²) < 4.78 is 5.64. The smallest absolute Gasteiger partial charge is 0.213 e. The predicted molar refractivity (Wildman–Crippen MR) is 99.0 cm³/mol. The molecule has 0 aliphatic rings. The van der Waals surface area contributed by atoms with Gasteiger partial charge in [0, 0.05) is 24.2 Å². The minimum absolute atomic E-state index is 0.499. The van der Waals surface area contributed by atoms with E-state index in [-0.39, 0.29) is 0 Å². The molecular weight excluding hydrogens is 310 g/mol. The lowest BCUT2D eigenvalue weighted by Crippen LogP contribution is -1.97. The number of benzene rings is 1. The molecule has 3 rings (SSSR count). The van der Waals surface area contributed by atoms with Crippen LogP contribution < -0.4 is 10.5 Å². The van der Waals surface area contributed by atoms with Gasteiger partial charge >= 0.3 is 0 Å². The molecule has 124 valence electrons. The molecule has 0 fully saturated rings. The van der Waals surface area contributed by atoms with Crippen LogP contribution >= 0.6 is 0 Å². The van der Waals surface area contributed by atoms with E-state index in [1.165, 1.54) is 0 Å². The standard InChI is InChI=1S/C21H19N3O/c1-16-19(12-13-20(22)24-16)6-4-5-17-8-10-18(11-9-17)15-25-21-7-2-3-14-23-21/h2-3,7-14H,5,15H2,1H3,(H2,22,24). The third-order valence-corrected chi connectivity index (χ3v) is 3.67. The summed E-state index contributed by atoms with van der Waals surface area (Å²) in [7, 11) is 0. The number of anilines is 1. The molecule has 0 unspecified atom stereocenters. The summed E-state index contributed by atoms with van der Waals surface area (Å²) in [5.74, 6) is 7.48. The summed E-state index contributed by atoms with van der Waals surface area (Å²) in [5, 5.41) is 0. The Morgan fingerprint density at radius 2 is 1.80 bits per heavy atom. The molecule has 4 nitrogen and oxygen atoms in total. The monoisotopic (exact) mass is 329 g/mol. The third kappa shape index (κ3) is 4.82. The molecule has 2 N–H and O–H groups in total. The summed E-state index contributed by atoms with van der Waals surface area (Å²) in [6.45, 7) is 2.41. The summed E-state index contributed by atoms with van der Waals surface area (Å²) in [6.07, 6.45) is 2.40. The van der Waals surface area contributed by atoms with Gasteiger partial charge in [-0.3, -0.25) is 0 Å². The fourth-order valence-electron chi connectivity index (χ4n) is 2.30. The maximum atomic E-state index is 5.65. The van der Waals surface area contributed by atoms with Gasteiger partial charge in [-0.25, -0.2) is 9.97 Å². The molecule has 0 spiro atoms. The minimum atomic E-state index is 0.499. The molecule has 2 heterocycles. The van der Waals surface area contributed by atoms with Gasteiger partial charge in [0.25, 0.3) is 0 Å². The topological polar surface area (TPSA) is 61.0 Å². The zero-order valence-corrected chi connectivity index (χ0v) is 14.1. The van der Waals surface area contributed by atoms with Crippen LogP contribution in [0.4, 0.5) is 5.82 Å². The molecule has 25 heavy (non-hydrogen) atoms. The molecule has 0 amide bonds. The summed E-state index contributed by atoms with van der Waals surface area (Å²) in [6, 6.07) is 17.5. The molecular formula is C21H19N3O. The average Bonchev–Trinajstić information content (AvgIpc) is 2.64. The first kappa shape index (κ1) is 16.5. The van der Waals surface area contributed by atoms with Gasteiger partial charge in [-0.05, 0) is 36.2 Å². The highest BCUT2D eigenvalue weighted by molar-refractivity contribution is 5.43. The molecule has 0 atom stereocenters. The number of aromatic nitrogens is 2. The van der Waals surface area contributed by atoms with E-state index in [2.05, 4.69) is 46.1 Å². The molecule has 0 aliphatic heterocycles. The first-order chi connectivity index (χ1) is 12.2. The number of ether oxygens (including phenoxy) is 1. The van der Waals surface area contributed by atoms with Gasteiger partial charge in [0.15, 0.2) is 0 Å². The van der Waals surface area contributed by atoms with Crippen LogP contribution in [0.25, 0.3) is 0 Å². The number of aryl methyl sites for hydroxylation is 1. The molecule has 0 radical (unpaired) electrons. The van der Waals surface area contributed by atoms with Crippen LogP contribution in [-0.2, 0) is 13.0 Å². The van der Waals surface area contributed by atoms with Gasteiger partial charge < -0.3 is 10.5 Å². The van der Waals surface area contributed by atoms with Crippen molar-refractivity contribution in [3.63, 3.8) is 0 Å². The Kier molecular flexibility index (Phi) is 5.28. The van der Waals surface area contributed by atoms with Crippen molar-refractivity contribution in [2.24, 2.45) is 0 Å². The first-order valence-electron chi connectivity index (χ1n) is 8.04. The fourth-order valence-corrected chi connectivity index (χ4v) is 2.30. The van der Waals surface area contributed by atoms with E-state index in [9.17, 15) is 0 Å². The van der Waals surface area contributed by atoms with Gasteiger partial charge in [0.05, 0.1) is 5.69 Å². The molecule has 2 aromatic heterocycles. The lowest BCUT2D eigenvalue weighted by atomic mass is 10.1. The minimum Gasteiger partial charge on any atom is -0.473 e. The van der Waals surface area contributed by atoms with Crippen LogP contribution in [0.3, 0.4) is 0 Å². The number of hydrogen-bond acceptors (Lipinski definition) is 4. The van der Waals surface area contributed by atoms with Crippen molar-refractivity contribution >= 4 is 5.82 Å². The Hall–Kier alpha value is -3.32. The molecule has 4 heteroatoms. The van der Waals surface area contributed by atoms with Gasteiger partial charge in [0.1, 0.15) is 12.4 Å². The van der Waals surface area contributed by atoms with Crippen molar-refractivity contribution in [2.75, 3.05) is 5.73 Å². The Bertz CT molecular complexity index is 894. The van der Waals surface area contributed by atoms with E-state index in [0.29, 0.717) is 24.7 Å². The van der Waals surface area contributed by atoms with E-state index in [4.69, 9.17) is 10.5 Å². The van der Waals surface area contributed by atoms with Crippen molar-refractivity contribution in [3.8, 4) is 17.7 Å². The van der Waals surface area contributed by atoms with Crippen LogP contribution in [0.5, 0.6) is 5.88 Å². The third-order valence-electron chi connectivity index (χ3n) is 3.67. The van der Waals surface area contributed by atoms with E-state index in [1.54, 1.807) is 12.3 Å². The Balaban J connectivity index is 1.57. The lowest BCUT2D eigenvalue weighted by molar-refractivity contribution is 0.294. The van der Waals surface area contributed by atoms with Gasteiger partial charge in [0.2, 0.25) is 5.88 Å². The number of hydrogen-bond donors (Lipinski definition) is 1. The van der Waals surface area contributed by atoms with E-state index in [1.807, 2.05) is 31.2 Å². The highest BCUT2D eigenvalue weighted by Crippen LogP contribution is 2.10. The van der Waals surface area contributed by atoms with Crippen molar-refractivity contribution in [1.29, 1.82) is 0 Å². The Morgan fingerprint density at radius 1 is 1.00 bits per heavy atom. The zero-order chi connectivity index (χ0) is 17.5. The Morgan fingerprint density at radius 3 is 2.52 bits per heavy atom.